The molecule has 0 aliphatic heterocycles. The van der Waals surface area contributed by atoms with Crippen molar-refractivity contribution in [2.24, 2.45) is 0 Å². The van der Waals surface area contributed by atoms with E-state index >= 15 is 0 Å². The molecule has 1 aromatic heterocycles. The summed E-state index contributed by atoms with van der Waals surface area (Å²) in [6, 6.07) is 8.99. The van der Waals surface area contributed by atoms with Crippen LogP contribution in [0.15, 0.2) is 35.7 Å². The van der Waals surface area contributed by atoms with Crippen LogP contribution in [0, 0.1) is 0 Å². The van der Waals surface area contributed by atoms with Crippen LogP contribution < -0.4 is 15.8 Å². The Morgan fingerprint density at radius 1 is 1.21 bits per heavy atom. The van der Waals surface area contributed by atoms with Crippen LogP contribution in [0.2, 0.25) is 0 Å². The second-order valence-electron chi connectivity index (χ2n) is 4.07. The number of nitrogens with one attached hydrogen (secondary N) is 2. The van der Waals surface area contributed by atoms with E-state index < -0.39 is 10.0 Å². The van der Waals surface area contributed by atoms with E-state index in [1.54, 1.807) is 23.5 Å². The fraction of sp³-hybridized carbons (Fsp3) is 0.167. The molecule has 0 amide bonds. The van der Waals surface area contributed by atoms with Crippen molar-refractivity contribution in [2.75, 3.05) is 22.0 Å². The maximum Gasteiger partial charge on any atom is 0.229 e. The van der Waals surface area contributed by atoms with Gasteiger partial charge in [-0.1, -0.05) is 12.1 Å². The number of nitrogen functional groups attached to an aromatic ring is 1. The Labute approximate surface area is 116 Å². The first-order chi connectivity index (χ1) is 8.96. The van der Waals surface area contributed by atoms with Gasteiger partial charge in [-0.3, -0.25) is 4.72 Å². The fourth-order valence-electron chi connectivity index (χ4n) is 1.60. The summed E-state index contributed by atoms with van der Waals surface area (Å²) in [5.41, 5.74) is 7.80. The van der Waals surface area contributed by atoms with Gasteiger partial charge in [-0.25, -0.2) is 8.42 Å². The van der Waals surface area contributed by atoms with Crippen LogP contribution in [-0.2, 0) is 16.6 Å². The highest BCUT2D eigenvalue weighted by atomic mass is 32.2. The highest BCUT2D eigenvalue weighted by Gasteiger charge is 2.07. The summed E-state index contributed by atoms with van der Waals surface area (Å²) in [5, 5.41) is 5.11. The third-order valence-corrected chi connectivity index (χ3v) is 3.97. The molecule has 0 fully saturated rings. The Kier molecular flexibility index (Phi) is 3.96. The second kappa shape index (κ2) is 5.50. The standard InChI is InChI=1S/C12H15N3O2S2/c1-19(16,17)15-11-5-3-2-4-10(11)14-8-12-9(13)6-7-18-12/h2-7,14-15H,8,13H2,1H3. The predicted octanol–water partition coefficient (Wildman–Crippen LogP) is 2.31. The van der Waals surface area contributed by atoms with E-state index in [0.717, 1.165) is 22.5 Å². The minimum atomic E-state index is -3.29. The molecule has 0 radical (unpaired) electrons. The third-order valence-electron chi connectivity index (χ3n) is 2.44. The van der Waals surface area contributed by atoms with E-state index in [9.17, 15) is 8.42 Å². The molecule has 7 heteroatoms. The molecule has 0 saturated heterocycles. The van der Waals surface area contributed by atoms with Crippen molar-refractivity contribution in [3.63, 3.8) is 0 Å². The molecular formula is C12H15N3O2S2. The van der Waals surface area contributed by atoms with Crippen LogP contribution in [0.25, 0.3) is 0 Å². The maximum absolute atomic E-state index is 11.3. The topological polar surface area (TPSA) is 84.2 Å². The molecule has 0 bridgehead atoms. The summed E-state index contributed by atoms with van der Waals surface area (Å²) in [6.45, 7) is 0.561. The van der Waals surface area contributed by atoms with Gasteiger partial charge in [-0.05, 0) is 23.6 Å². The van der Waals surface area contributed by atoms with Gasteiger partial charge in [-0.2, -0.15) is 0 Å². The lowest BCUT2D eigenvalue weighted by atomic mass is 10.2. The van der Waals surface area contributed by atoms with Gasteiger partial charge in [0.1, 0.15) is 0 Å². The monoisotopic (exact) mass is 297 g/mol. The second-order valence-corrected chi connectivity index (χ2v) is 6.82. The average molecular weight is 297 g/mol. The van der Waals surface area contributed by atoms with Crippen LogP contribution in [0.3, 0.4) is 0 Å². The number of hydrogen-bond donors (Lipinski definition) is 3. The minimum Gasteiger partial charge on any atom is -0.398 e. The van der Waals surface area contributed by atoms with Crippen molar-refractivity contribution in [3.05, 3.63) is 40.6 Å². The molecule has 5 nitrogen and oxygen atoms in total. The number of hydrogen-bond acceptors (Lipinski definition) is 5. The third kappa shape index (κ3) is 3.87. The Balaban J connectivity index is 2.14. The normalized spacial score (nSPS) is 11.2. The quantitative estimate of drug-likeness (QED) is 0.790. The molecule has 1 aromatic carbocycles. The average Bonchev–Trinajstić information content (AvgIpc) is 2.72. The summed E-state index contributed by atoms with van der Waals surface area (Å²) >= 11 is 1.56. The van der Waals surface area contributed by atoms with Gasteiger partial charge in [0.25, 0.3) is 0 Å². The number of sulfonamides is 1. The molecule has 19 heavy (non-hydrogen) atoms. The van der Waals surface area contributed by atoms with Gasteiger partial charge in [0.05, 0.1) is 24.2 Å². The molecule has 0 aliphatic carbocycles. The highest BCUT2D eigenvalue weighted by Crippen LogP contribution is 2.25. The van der Waals surface area contributed by atoms with Crippen molar-refractivity contribution >= 4 is 38.4 Å². The van der Waals surface area contributed by atoms with Crippen LogP contribution in [0.4, 0.5) is 17.1 Å². The van der Waals surface area contributed by atoms with Gasteiger partial charge in [-0.15, -0.1) is 11.3 Å². The Morgan fingerprint density at radius 3 is 2.47 bits per heavy atom. The van der Waals surface area contributed by atoms with Crippen LogP contribution in [-0.4, -0.2) is 14.7 Å². The number of rotatable bonds is 5. The van der Waals surface area contributed by atoms with E-state index in [1.807, 2.05) is 23.6 Å². The molecule has 0 saturated carbocycles. The zero-order chi connectivity index (χ0) is 13.9. The van der Waals surface area contributed by atoms with E-state index in [-0.39, 0.29) is 0 Å². The summed E-state index contributed by atoms with van der Waals surface area (Å²) in [4.78, 5) is 1.02. The molecular weight excluding hydrogens is 282 g/mol. The largest absolute Gasteiger partial charge is 0.398 e. The van der Waals surface area contributed by atoms with Crippen LogP contribution in [0.5, 0.6) is 0 Å². The van der Waals surface area contributed by atoms with Crippen molar-refractivity contribution in [3.8, 4) is 0 Å². The smallest absolute Gasteiger partial charge is 0.229 e. The molecule has 2 rings (SSSR count). The minimum absolute atomic E-state index is 0.528. The van der Waals surface area contributed by atoms with Gasteiger partial charge in [0, 0.05) is 10.6 Å². The maximum atomic E-state index is 11.3. The molecule has 1 heterocycles. The predicted molar refractivity (Wildman–Crippen MR) is 81.0 cm³/mol. The number of para-hydroxylation sites is 2. The molecule has 0 spiro atoms. The molecule has 0 atom stereocenters. The summed E-state index contributed by atoms with van der Waals surface area (Å²) in [6.07, 6.45) is 1.13. The molecule has 102 valence electrons. The van der Waals surface area contributed by atoms with Gasteiger partial charge in [0.15, 0.2) is 0 Å². The Bertz CT molecular complexity index is 665. The zero-order valence-corrected chi connectivity index (χ0v) is 12.0. The number of benzene rings is 1. The lowest BCUT2D eigenvalue weighted by molar-refractivity contribution is 0.607. The van der Waals surface area contributed by atoms with Crippen molar-refractivity contribution in [1.82, 2.24) is 0 Å². The van der Waals surface area contributed by atoms with Crippen molar-refractivity contribution in [2.45, 2.75) is 6.54 Å². The first-order valence-electron chi connectivity index (χ1n) is 5.58. The molecule has 2 aromatic rings. The number of nitrogens with two attached hydrogens (primary N) is 1. The van der Waals surface area contributed by atoms with Gasteiger partial charge < -0.3 is 11.1 Å². The summed E-state index contributed by atoms with van der Waals surface area (Å²) in [7, 11) is -3.29. The molecule has 4 N–H and O–H groups in total. The highest BCUT2D eigenvalue weighted by molar-refractivity contribution is 7.92. The van der Waals surface area contributed by atoms with Crippen LogP contribution >= 0.6 is 11.3 Å². The van der Waals surface area contributed by atoms with Crippen molar-refractivity contribution in [1.29, 1.82) is 0 Å². The summed E-state index contributed by atoms with van der Waals surface area (Å²) in [5.74, 6) is 0. The molecule has 0 aliphatic rings. The van der Waals surface area contributed by atoms with Crippen LogP contribution in [0.1, 0.15) is 4.88 Å². The van der Waals surface area contributed by atoms with E-state index in [4.69, 9.17) is 5.73 Å². The van der Waals surface area contributed by atoms with Crippen molar-refractivity contribution < 1.29 is 8.42 Å². The number of thiophene rings is 1. The first kappa shape index (κ1) is 13.7. The zero-order valence-electron chi connectivity index (χ0n) is 10.4. The van der Waals surface area contributed by atoms with E-state index in [1.165, 1.54) is 0 Å². The van der Waals surface area contributed by atoms with Gasteiger partial charge in [0.2, 0.25) is 10.0 Å². The lowest BCUT2D eigenvalue weighted by Crippen LogP contribution is -2.11. The Hall–Kier alpha value is -1.73. The summed E-state index contributed by atoms with van der Waals surface area (Å²) < 4.78 is 25.0. The fourth-order valence-corrected chi connectivity index (χ4v) is 2.91. The van der Waals surface area contributed by atoms with Gasteiger partial charge >= 0.3 is 0 Å². The number of anilines is 3. The first-order valence-corrected chi connectivity index (χ1v) is 8.35. The SMILES string of the molecule is CS(=O)(=O)Nc1ccccc1NCc1sccc1N. The van der Waals surface area contributed by atoms with E-state index in [2.05, 4.69) is 10.0 Å². The lowest BCUT2D eigenvalue weighted by Gasteiger charge is -2.12. The molecule has 0 unspecified atom stereocenters. The van der Waals surface area contributed by atoms with E-state index in [0.29, 0.717) is 12.2 Å². The Morgan fingerprint density at radius 2 is 1.89 bits per heavy atom.